The average molecular weight is 302 g/mol. The van der Waals surface area contributed by atoms with E-state index in [0.29, 0.717) is 6.04 Å². The smallest absolute Gasteiger partial charge is 0.203 e. The van der Waals surface area contributed by atoms with Crippen LogP contribution < -0.4 is 4.90 Å². The second kappa shape index (κ2) is 5.81. The van der Waals surface area contributed by atoms with Gasteiger partial charge in [-0.3, -0.25) is 9.30 Å². The molecule has 0 spiro atoms. The summed E-state index contributed by atoms with van der Waals surface area (Å²) < 4.78 is 7.46. The van der Waals surface area contributed by atoms with E-state index in [0.717, 1.165) is 56.7 Å². The zero-order chi connectivity index (χ0) is 14.9. The van der Waals surface area contributed by atoms with Crippen LogP contribution in [-0.4, -0.2) is 69.9 Å². The second-order valence-electron chi connectivity index (χ2n) is 6.06. The highest BCUT2D eigenvalue weighted by atomic mass is 16.5. The third-order valence-electron chi connectivity index (χ3n) is 4.80. The quantitative estimate of drug-likeness (QED) is 0.815. The summed E-state index contributed by atoms with van der Waals surface area (Å²) >= 11 is 0. The van der Waals surface area contributed by atoms with Crippen molar-refractivity contribution >= 4 is 11.5 Å². The molecule has 0 bridgehead atoms. The van der Waals surface area contributed by atoms with Crippen LogP contribution in [0.5, 0.6) is 0 Å². The molecule has 0 N–H and O–H groups in total. The van der Waals surface area contributed by atoms with Crippen molar-refractivity contribution in [3.8, 4) is 0 Å². The summed E-state index contributed by atoms with van der Waals surface area (Å²) in [6, 6.07) is 0.680. The summed E-state index contributed by atoms with van der Waals surface area (Å²) in [5, 5.41) is 8.45. The summed E-state index contributed by atoms with van der Waals surface area (Å²) in [5.74, 6) is 1.87. The van der Waals surface area contributed by atoms with E-state index in [-0.39, 0.29) is 0 Å². The summed E-state index contributed by atoms with van der Waals surface area (Å²) in [7, 11) is 0. The van der Waals surface area contributed by atoms with Gasteiger partial charge in [0.25, 0.3) is 0 Å². The second-order valence-corrected chi connectivity index (χ2v) is 6.06. The number of morpholine rings is 1. The molecule has 0 aliphatic carbocycles. The fourth-order valence-corrected chi connectivity index (χ4v) is 3.54. The minimum Gasteiger partial charge on any atom is -0.379 e. The van der Waals surface area contributed by atoms with Gasteiger partial charge >= 0.3 is 0 Å². The SMILES string of the molecule is Cc1nnc2c(N3CCC(N4CCOCC4)CC3)nccn12. The van der Waals surface area contributed by atoms with Crippen molar-refractivity contribution in [2.45, 2.75) is 25.8 Å². The van der Waals surface area contributed by atoms with Crippen LogP contribution >= 0.6 is 0 Å². The van der Waals surface area contributed by atoms with Gasteiger partial charge in [0.2, 0.25) is 5.65 Å². The number of nitrogens with zero attached hydrogens (tertiary/aromatic N) is 6. The van der Waals surface area contributed by atoms with E-state index in [1.165, 1.54) is 12.8 Å². The lowest BCUT2D eigenvalue weighted by atomic mass is 10.0. The molecule has 7 nitrogen and oxygen atoms in total. The van der Waals surface area contributed by atoms with Crippen LogP contribution in [0.1, 0.15) is 18.7 Å². The Hall–Kier alpha value is -1.73. The molecule has 2 saturated heterocycles. The highest BCUT2D eigenvalue weighted by Crippen LogP contribution is 2.24. The number of ether oxygens (including phenoxy) is 1. The molecular formula is C15H22N6O. The van der Waals surface area contributed by atoms with Crippen molar-refractivity contribution in [2.24, 2.45) is 0 Å². The van der Waals surface area contributed by atoms with Crippen molar-refractivity contribution in [1.29, 1.82) is 0 Å². The normalized spacial score (nSPS) is 21.6. The Kier molecular flexibility index (Phi) is 3.67. The molecular weight excluding hydrogens is 280 g/mol. The Balaban J connectivity index is 1.48. The molecule has 2 fully saturated rings. The molecule has 0 atom stereocenters. The third-order valence-corrected chi connectivity index (χ3v) is 4.80. The number of fused-ring (bicyclic) bond motifs is 1. The standard InChI is InChI=1S/C15H22N6O/c1-12-17-18-15-14(16-4-7-21(12)15)20-5-2-13(3-6-20)19-8-10-22-11-9-19/h4,7,13H,2-3,5-6,8-11H2,1H3. The van der Waals surface area contributed by atoms with Gasteiger partial charge in [0.05, 0.1) is 13.2 Å². The van der Waals surface area contributed by atoms with E-state index in [4.69, 9.17) is 4.74 Å². The predicted octanol–water partition coefficient (Wildman–Crippen LogP) is 0.734. The molecule has 4 heterocycles. The Morgan fingerprint density at radius 1 is 1.09 bits per heavy atom. The molecule has 0 amide bonds. The van der Waals surface area contributed by atoms with E-state index in [1.54, 1.807) is 0 Å². The number of hydrogen-bond acceptors (Lipinski definition) is 6. The number of rotatable bonds is 2. The lowest BCUT2D eigenvalue weighted by Gasteiger charge is -2.40. The molecule has 0 radical (unpaired) electrons. The molecule has 4 rings (SSSR count). The largest absolute Gasteiger partial charge is 0.379 e. The van der Waals surface area contributed by atoms with Crippen LogP contribution in [0.15, 0.2) is 12.4 Å². The van der Waals surface area contributed by atoms with Crippen LogP contribution in [0.4, 0.5) is 5.82 Å². The first-order valence-electron chi connectivity index (χ1n) is 8.06. The minimum absolute atomic E-state index is 0.680. The Bertz CT molecular complexity index is 643. The van der Waals surface area contributed by atoms with Crippen molar-refractivity contribution in [3.05, 3.63) is 18.2 Å². The highest BCUT2D eigenvalue weighted by molar-refractivity contribution is 5.63. The summed E-state index contributed by atoms with van der Waals surface area (Å²) in [6.07, 6.45) is 6.12. The number of aromatic nitrogens is 4. The van der Waals surface area contributed by atoms with Gasteiger partial charge in [0.1, 0.15) is 5.82 Å². The fourth-order valence-electron chi connectivity index (χ4n) is 3.54. The maximum atomic E-state index is 5.45. The minimum atomic E-state index is 0.680. The molecule has 2 aliphatic heterocycles. The molecule has 0 unspecified atom stereocenters. The van der Waals surface area contributed by atoms with E-state index in [9.17, 15) is 0 Å². The van der Waals surface area contributed by atoms with Crippen molar-refractivity contribution in [1.82, 2.24) is 24.5 Å². The van der Waals surface area contributed by atoms with Gasteiger partial charge in [-0.2, -0.15) is 0 Å². The Morgan fingerprint density at radius 3 is 2.64 bits per heavy atom. The molecule has 0 aromatic carbocycles. The first kappa shape index (κ1) is 13.9. The van der Waals surface area contributed by atoms with Crippen LogP contribution in [-0.2, 0) is 4.74 Å². The number of anilines is 1. The van der Waals surface area contributed by atoms with Crippen LogP contribution in [0.2, 0.25) is 0 Å². The molecule has 0 saturated carbocycles. The molecule has 2 aromatic rings. The lowest BCUT2D eigenvalue weighted by Crippen LogP contribution is -2.49. The topological polar surface area (TPSA) is 58.8 Å². The van der Waals surface area contributed by atoms with E-state index in [2.05, 4.69) is 25.0 Å². The van der Waals surface area contributed by atoms with Gasteiger partial charge in [-0.05, 0) is 19.8 Å². The number of piperidine rings is 1. The summed E-state index contributed by atoms with van der Waals surface area (Å²) in [4.78, 5) is 9.48. The maximum absolute atomic E-state index is 5.45. The Morgan fingerprint density at radius 2 is 1.86 bits per heavy atom. The third kappa shape index (κ3) is 2.44. The molecule has 118 valence electrons. The van der Waals surface area contributed by atoms with Crippen LogP contribution in [0, 0.1) is 6.92 Å². The number of aryl methyl sites for hydroxylation is 1. The molecule has 2 aliphatic rings. The van der Waals surface area contributed by atoms with Gasteiger partial charge in [0.15, 0.2) is 5.82 Å². The maximum Gasteiger partial charge on any atom is 0.203 e. The van der Waals surface area contributed by atoms with Gasteiger partial charge in [-0.1, -0.05) is 0 Å². The lowest BCUT2D eigenvalue weighted by molar-refractivity contribution is 0.0115. The Labute approximate surface area is 129 Å². The van der Waals surface area contributed by atoms with Crippen molar-refractivity contribution in [2.75, 3.05) is 44.3 Å². The zero-order valence-corrected chi connectivity index (χ0v) is 13.0. The predicted molar refractivity (Wildman–Crippen MR) is 83.1 cm³/mol. The van der Waals surface area contributed by atoms with Crippen molar-refractivity contribution in [3.63, 3.8) is 0 Å². The molecule has 2 aromatic heterocycles. The zero-order valence-electron chi connectivity index (χ0n) is 13.0. The first-order chi connectivity index (χ1) is 10.8. The molecule has 7 heteroatoms. The van der Waals surface area contributed by atoms with Crippen LogP contribution in [0.3, 0.4) is 0 Å². The summed E-state index contributed by atoms with van der Waals surface area (Å²) in [5.41, 5.74) is 0.866. The van der Waals surface area contributed by atoms with Gasteiger partial charge in [-0.25, -0.2) is 4.98 Å². The van der Waals surface area contributed by atoms with Gasteiger partial charge < -0.3 is 9.64 Å². The highest BCUT2D eigenvalue weighted by Gasteiger charge is 2.27. The van der Waals surface area contributed by atoms with Gasteiger partial charge in [0, 0.05) is 44.6 Å². The van der Waals surface area contributed by atoms with E-state index in [1.807, 2.05) is 23.7 Å². The van der Waals surface area contributed by atoms with Gasteiger partial charge in [-0.15, -0.1) is 10.2 Å². The first-order valence-corrected chi connectivity index (χ1v) is 8.06. The average Bonchev–Trinajstić information content (AvgIpc) is 2.97. The monoisotopic (exact) mass is 302 g/mol. The van der Waals surface area contributed by atoms with Crippen LogP contribution in [0.25, 0.3) is 5.65 Å². The van der Waals surface area contributed by atoms with Crippen molar-refractivity contribution < 1.29 is 4.74 Å². The summed E-state index contributed by atoms with van der Waals surface area (Å²) in [6.45, 7) is 7.92. The van der Waals surface area contributed by atoms with E-state index < -0.39 is 0 Å². The number of hydrogen-bond donors (Lipinski definition) is 0. The van der Waals surface area contributed by atoms with E-state index >= 15 is 0 Å². The fraction of sp³-hybridized carbons (Fsp3) is 0.667. The molecule has 22 heavy (non-hydrogen) atoms.